The number of phenols is 1. The van der Waals surface area contributed by atoms with Gasteiger partial charge in [0, 0.05) is 33.7 Å². The van der Waals surface area contributed by atoms with Crippen molar-refractivity contribution in [2.24, 2.45) is 0 Å². The van der Waals surface area contributed by atoms with Gasteiger partial charge in [-0.1, -0.05) is 29.8 Å². The van der Waals surface area contributed by atoms with Crippen LogP contribution >= 0.6 is 15.9 Å². The molecule has 28 heavy (non-hydrogen) atoms. The number of nitrogens with one attached hydrogen (secondary N) is 1. The number of rotatable bonds is 5. The molecule has 8 heteroatoms. The van der Waals surface area contributed by atoms with E-state index in [0.29, 0.717) is 15.6 Å². The first-order chi connectivity index (χ1) is 12.9. The molecule has 1 unspecified atom stereocenters. The fourth-order valence-electron chi connectivity index (χ4n) is 3.58. The first kappa shape index (κ1) is 20.7. The number of hydrogen-bond acceptors (Lipinski definition) is 3. The largest absolute Gasteiger partial charge is 0.508 e. The number of phenolic OH excluding ortho intramolecular Hbond substituents is 1. The first-order valence-electron chi connectivity index (χ1n) is 8.61. The summed E-state index contributed by atoms with van der Waals surface area (Å²) in [6.45, 7) is 3.14. The fourth-order valence-corrected chi connectivity index (χ4v) is 3.94. The lowest BCUT2D eigenvalue weighted by molar-refractivity contribution is -0.266. The number of aliphatic hydroxyl groups is 1. The van der Waals surface area contributed by atoms with Gasteiger partial charge in [0.15, 0.2) is 5.60 Å². The fraction of sp³-hybridized carbons (Fsp3) is 0.350. The summed E-state index contributed by atoms with van der Waals surface area (Å²) in [5.41, 5.74) is -2.95. The lowest BCUT2D eigenvalue weighted by Gasteiger charge is -2.38. The highest BCUT2D eigenvalue weighted by molar-refractivity contribution is 9.10. The molecule has 2 aromatic heterocycles. The van der Waals surface area contributed by atoms with Crippen molar-refractivity contribution in [3.05, 3.63) is 58.5 Å². The molecule has 0 aliphatic heterocycles. The van der Waals surface area contributed by atoms with Crippen molar-refractivity contribution < 1.29 is 23.4 Å². The Morgan fingerprint density at radius 2 is 1.86 bits per heavy atom. The van der Waals surface area contributed by atoms with E-state index in [4.69, 9.17) is 0 Å². The van der Waals surface area contributed by atoms with Gasteiger partial charge in [0.25, 0.3) is 0 Å². The number of aromatic hydroxyl groups is 1. The second-order valence-electron chi connectivity index (χ2n) is 7.69. The van der Waals surface area contributed by atoms with Gasteiger partial charge in [-0.3, -0.25) is 4.98 Å². The third-order valence-corrected chi connectivity index (χ3v) is 5.41. The Hall–Kier alpha value is -2.06. The summed E-state index contributed by atoms with van der Waals surface area (Å²) in [7, 11) is 0. The summed E-state index contributed by atoms with van der Waals surface area (Å²) in [4.78, 5) is 6.83. The number of alkyl halides is 3. The van der Waals surface area contributed by atoms with E-state index in [2.05, 4.69) is 25.9 Å². The number of hydrogen-bond donors (Lipinski definition) is 3. The van der Waals surface area contributed by atoms with Crippen molar-refractivity contribution in [2.45, 2.75) is 43.9 Å². The second kappa shape index (κ2) is 7.08. The summed E-state index contributed by atoms with van der Waals surface area (Å²) in [6.07, 6.45) is -3.05. The van der Waals surface area contributed by atoms with Crippen LogP contribution in [-0.2, 0) is 11.8 Å². The topological polar surface area (TPSA) is 69.1 Å². The number of aromatic amines is 1. The SMILES string of the molecule is CC(C)(CC(O)(Cc1cc2ccncc2[nH]1)C(F)(F)F)c1cc(Br)ccc1O. The standard InChI is InChI=1S/C20H20BrF3N2O2/c1-18(2,15-8-13(21)3-4-17(15)27)11-19(28,20(22,23)24)9-14-7-12-5-6-25-10-16(12)26-14/h3-8,10,26-28H,9,11H2,1-2H3. The van der Waals surface area contributed by atoms with E-state index >= 15 is 0 Å². The van der Waals surface area contributed by atoms with Gasteiger partial charge in [0.1, 0.15) is 5.75 Å². The van der Waals surface area contributed by atoms with E-state index in [1.165, 1.54) is 12.3 Å². The van der Waals surface area contributed by atoms with Crippen LogP contribution in [0, 0.1) is 0 Å². The van der Waals surface area contributed by atoms with Crippen LogP contribution in [0.5, 0.6) is 5.75 Å². The van der Waals surface area contributed by atoms with Gasteiger partial charge in [-0.05, 0) is 42.2 Å². The molecule has 0 saturated carbocycles. The highest BCUT2D eigenvalue weighted by atomic mass is 79.9. The van der Waals surface area contributed by atoms with E-state index in [1.807, 2.05) is 0 Å². The average Bonchev–Trinajstić information content (AvgIpc) is 2.97. The Kier molecular flexibility index (Phi) is 5.22. The zero-order chi connectivity index (χ0) is 20.7. The van der Waals surface area contributed by atoms with Gasteiger partial charge in [-0.15, -0.1) is 0 Å². The Labute approximate surface area is 168 Å². The number of H-pyrrole nitrogens is 1. The maximum absolute atomic E-state index is 13.9. The molecule has 0 saturated heterocycles. The minimum atomic E-state index is -4.86. The summed E-state index contributed by atoms with van der Waals surface area (Å²) in [5, 5.41) is 21.6. The number of fused-ring (bicyclic) bond motifs is 1. The minimum absolute atomic E-state index is 0.116. The monoisotopic (exact) mass is 456 g/mol. The molecule has 3 rings (SSSR count). The number of halogens is 4. The third kappa shape index (κ3) is 4.03. The van der Waals surface area contributed by atoms with Crippen LogP contribution in [0.25, 0.3) is 10.9 Å². The first-order valence-corrected chi connectivity index (χ1v) is 9.40. The molecule has 0 aliphatic rings. The number of nitrogens with zero attached hydrogens (tertiary/aromatic N) is 1. The molecule has 2 heterocycles. The summed E-state index contributed by atoms with van der Waals surface area (Å²) >= 11 is 3.27. The minimum Gasteiger partial charge on any atom is -0.508 e. The lowest BCUT2D eigenvalue weighted by atomic mass is 9.73. The van der Waals surface area contributed by atoms with E-state index in [-0.39, 0.29) is 11.4 Å². The molecule has 3 aromatic rings. The van der Waals surface area contributed by atoms with Crippen LogP contribution in [-0.4, -0.2) is 32.0 Å². The van der Waals surface area contributed by atoms with Gasteiger partial charge in [0.05, 0.1) is 11.7 Å². The molecule has 0 amide bonds. The van der Waals surface area contributed by atoms with E-state index in [1.54, 1.807) is 44.3 Å². The Morgan fingerprint density at radius 1 is 1.14 bits per heavy atom. The predicted octanol–water partition coefficient (Wildman–Crippen LogP) is 5.23. The molecule has 0 spiro atoms. The number of pyridine rings is 1. The molecule has 4 nitrogen and oxygen atoms in total. The zero-order valence-electron chi connectivity index (χ0n) is 15.3. The molecule has 0 fully saturated rings. The summed E-state index contributed by atoms with van der Waals surface area (Å²) in [6, 6.07) is 7.85. The van der Waals surface area contributed by atoms with Crippen LogP contribution in [0.3, 0.4) is 0 Å². The van der Waals surface area contributed by atoms with E-state index in [0.717, 1.165) is 5.39 Å². The molecule has 150 valence electrons. The van der Waals surface area contributed by atoms with Crippen molar-refractivity contribution in [3.8, 4) is 5.75 Å². The van der Waals surface area contributed by atoms with E-state index in [9.17, 15) is 23.4 Å². The highest BCUT2D eigenvalue weighted by Crippen LogP contribution is 2.45. The van der Waals surface area contributed by atoms with Crippen LogP contribution in [0.1, 0.15) is 31.5 Å². The zero-order valence-corrected chi connectivity index (χ0v) is 16.9. The molecular weight excluding hydrogens is 437 g/mol. The molecular formula is C20H20BrF3N2O2. The molecule has 0 radical (unpaired) electrons. The van der Waals surface area contributed by atoms with Gasteiger partial charge in [-0.2, -0.15) is 13.2 Å². The van der Waals surface area contributed by atoms with Crippen molar-refractivity contribution in [2.75, 3.05) is 0 Å². The smallest absolute Gasteiger partial charge is 0.417 e. The van der Waals surface area contributed by atoms with Crippen LogP contribution in [0.4, 0.5) is 13.2 Å². The summed E-state index contributed by atoms with van der Waals surface area (Å²) < 4.78 is 42.4. The maximum atomic E-state index is 13.9. The predicted molar refractivity (Wildman–Crippen MR) is 104 cm³/mol. The normalized spacial score (nSPS) is 15.0. The Balaban J connectivity index is 1.98. The second-order valence-corrected chi connectivity index (χ2v) is 8.60. The molecule has 0 bridgehead atoms. The van der Waals surface area contributed by atoms with Crippen LogP contribution < -0.4 is 0 Å². The van der Waals surface area contributed by atoms with E-state index < -0.39 is 30.0 Å². The third-order valence-electron chi connectivity index (χ3n) is 4.91. The van der Waals surface area contributed by atoms with Crippen molar-refractivity contribution in [1.82, 2.24) is 9.97 Å². The maximum Gasteiger partial charge on any atom is 0.417 e. The summed E-state index contributed by atoms with van der Waals surface area (Å²) in [5.74, 6) is -0.116. The number of benzene rings is 1. The van der Waals surface area contributed by atoms with Gasteiger partial charge < -0.3 is 15.2 Å². The molecule has 1 aromatic carbocycles. The quantitative estimate of drug-likeness (QED) is 0.491. The Bertz CT molecular complexity index is 968. The molecule has 3 N–H and O–H groups in total. The Morgan fingerprint density at radius 3 is 2.50 bits per heavy atom. The molecule has 1 atom stereocenters. The van der Waals surface area contributed by atoms with Gasteiger partial charge >= 0.3 is 6.18 Å². The van der Waals surface area contributed by atoms with Gasteiger partial charge in [0.2, 0.25) is 0 Å². The lowest BCUT2D eigenvalue weighted by Crippen LogP contribution is -2.50. The van der Waals surface area contributed by atoms with Crippen LogP contribution in [0.15, 0.2) is 47.2 Å². The van der Waals surface area contributed by atoms with Crippen molar-refractivity contribution in [3.63, 3.8) is 0 Å². The average molecular weight is 457 g/mol. The molecule has 0 aliphatic carbocycles. The number of aromatic nitrogens is 2. The van der Waals surface area contributed by atoms with Gasteiger partial charge in [-0.25, -0.2) is 0 Å². The van der Waals surface area contributed by atoms with Crippen LogP contribution in [0.2, 0.25) is 0 Å². The van der Waals surface area contributed by atoms with Crippen molar-refractivity contribution in [1.29, 1.82) is 0 Å². The van der Waals surface area contributed by atoms with Crippen molar-refractivity contribution >= 4 is 26.8 Å². The highest BCUT2D eigenvalue weighted by Gasteiger charge is 2.56.